The molecule has 0 saturated carbocycles. The van der Waals surface area contributed by atoms with Gasteiger partial charge in [0.05, 0.1) is 13.7 Å². The first-order chi connectivity index (χ1) is 13.1. The molecule has 7 nitrogen and oxygen atoms in total. The zero-order valence-electron chi connectivity index (χ0n) is 14.8. The summed E-state index contributed by atoms with van der Waals surface area (Å²) in [4.78, 5) is 36.5. The van der Waals surface area contributed by atoms with Gasteiger partial charge in [-0.05, 0) is 29.7 Å². The highest BCUT2D eigenvalue weighted by Crippen LogP contribution is 2.16. The lowest BCUT2D eigenvalue weighted by molar-refractivity contribution is -0.124. The Labute approximate surface area is 155 Å². The van der Waals surface area contributed by atoms with E-state index in [4.69, 9.17) is 4.74 Å². The number of nitrogens with zero attached hydrogens (tertiary/aromatic N) is 1. The lowest BCUT2D eigenvalue weighted by atomic mass is 10.2. The number of pyridine rings is 1. The summed E-state index contributed by atoms with van der Waals surface area (Å²) in [5, 5.41) is 6.54. The van der Waals surface area contributed by atoms with Gasteiger partial charge in [-0.25, -0.2) is 0 Å². The third-order valence-corrected chi connectivity index (χ3v) is 4.00. The highest BCUT2D eigenvalue weighted by molar-refractivity contribution is 5.94. The second-order valence-electron chi connectivity index (χ2n) is 5.89. The van der Waals surface area contributed by atoms with Crippen LogP contribution in [0.25, 0.3) is 10.8 Å². The Hall–Kier alpha value is -3.61. The van der Waals surface area contributed by atoms with Crippen molar-refractivity contribution in [3.8, 4) is 5.75 Å². The summed E-state index contributed by atoms with van der Waals surface area (Å²) < 4.78 is 6.41. The molecule has 0 spiro atoms. The van der Waals surface area contributed by atoms with Crippen molar-refractivity contribution in [2.45, 2.75) is 6.54 Å². The van der Waals surface area contributed by atoms with Crippen LogP contribution in [0.4, 0.5) is 5.69 Å². The predicted molar refractivity (Wildman–Crippen MR) is 103 cm³/mol. The van der Waals surface area contributed by atoms with Gasteiger partial charge in [-0.15, -0.1) is 0 Å². The first-order valence-electron chi connectivity index (χ1n) is 8.35. The molecule has 0 bridgehead atoms. The molecular weight excluding hydrogens is 346 g/mol. The van der Waals surface area contributed by atoms with Crippen molar-refractivity contribution < 1.29 is 14.3 Å². The molecule has 0 unspecified atom stereocenters. The summed E-state index contributed by atoms with van der Waals surface area (Å²) in [6.07, 6.45) is 1.57. The van der Waals surface area contributed by atoms with Crippen molar-refractivity contribution in [1.29, 1.82) is 0 Å². The second-order valence-corrected chi connectivity index (χ2v) is 5.89. The summed E-state index contributed by atoms with van der Waals surface area (Å²) in [5.74, 6) is -0.178. The van der Waals surface area contributed by atoms with E-state index >= 15 is 0 Å². The van der Waals surface area contributed by atoms with Crippen molar-refractivity contribution >= 4 is 28.3 Å². The Kier molecular flexibility index (Phi) is 5.51. The average Bonchev–Trinajstić information content (AvgIpc) is 2.69. The molecule has 0 aliphatic carbocycles. The van der Waals surface area contributed by atoms with Crippen LogP contribution in [-0.2, 0) is 16.1 Å². The SMILES string of the molecule is COc1cccc(NC(=O)CNC(=O)Cn2ccc3ccccc3c2=O)c1. The number of carbonyl (C=O) groups is 2. The minimum absolute atomic E-state index is 0.157. The molecule has 0 atom stereocenters. The van der Waals surface area contributed by atoms with E-state index in [2.05, 4.69) is 10.6 Å². The molecule has 0 fully saturated rings. The molecule has 2 N–H and O–H groups in total. The van der Waals surface area contributed by atoms with Crippen LogP contribution in [0.2, 0.25) is 0 Å². The first kappa shape index (κ1) is 18.2. The quantitative estimate of drug-likeness (QED) is 0.697. The van der Waals surface area contributed by atoms with E-state index in [0.717, 1.165) is 5.39 Å². The molecule has 0 aliphatic heterocycles. The van der Waals surface area contributed by atoms with Crippen LogP contribution in [0.1, 0.15) is 0 Å². The molecule has 2 amide bonds. The lowest BCUT2D eigenvalue weighted by Crippen LogP contribution is -2.37. The molecule has 7 heteroatoms. The average molecular weight is 365 g/mol. The summed E-state index contributed by atoms with van der Waals surface area (Å²) in [5.41, 5.74) is 0.323. The Morgan fingerprint density at radius 3 is 2.67 bits per heavy atom. The molecule has 0 aliphatic rings. The molecule has 1 heterocycles. The minimum atomic E-state index is -0.423. The fraction of sp³-hybridized carbons (Fsp3) is 0.150. The van der Waals surface area contributed by atoms with E-state index < -0.39 is 5.91 Å². The first-order valence-corrected chi connectivity index (χ1v) is 8.35. The third kappa shape index (κ3) is 4.52. The molecule has 27 heavy (non-hydrogen) atoms. The zero-order valence-corrected chi connectivity index (χ0v) is 14.8. The predicted octanol–water partition coefficient (Wildman–Crippen LogP) is 1.76. The van der Waals surface area contributed by atoms with Gasteiger partial charge in [-0.3, -0.25) is 14.4 Å². The van der Waals surface area contributed by atoms with Crippen LogP contribution in [0, 0.1) is 0 Å². The number of ether oxygens (including phenoxy) is 1. The van der Waals surface area contributed by atoms with Gasteiger partial charge >= 0.3 is 0 Å². The van der Waals surface area contributed by atoms with Crippen LogP contribution in [0.3, 0.4) is 0 Å². The summed E-state index contributed by atoms with van der Waals surface area (Å²) in [6, 6.07) is 15.9. The number of hydrogen-bond acceptors (Lipinski definition) is 4. The number of nitrogens with one attached hydrogen (secondary N) is 2. The van der Waals surface area contributed by atoms with E-state index in [9.17, 15) is 14.4 Å². The number of anilines is 1. The van der Waals surface area contributed by atoms with Gasteiger partial charge in [-0.2, -0.15) is 0 Å². The van der Waals surface area contributed by atoms with Gasteiger partial charge in [0.25, 0.3) is 5.56 Å². The van der Waals surface area contributed by atoms with Crippen LogP contribution in [0.5, 0.6) is 5.75 Å². The Bertz CT molecular complexity index is 1040. The maximum Gasteiger partial charge on any atom is 0.258 e. The molecule has 0 saturated heterocycles. The Balaban J connectivity index is 1.57. The molecule has 0 radical (unpaired) electrons. The number of hydrogen-bond donors (Lipinski definition) is 2. The van der Waals surface area contributed by atoms with Crippen molar-refractivity contribution in [1.82, 2.24) is 9.88 Å². The number of carbonyl (C=O) groups excluding carboxylic acids is 2. The zero-order chi connectivity index (χ0) is 19.2. The maximum atomic E-state index is 12.4. The number of aromatic nitrogens is 1. The number of benzene rings is 2. The van der Waals surface area contributed by atoms with E-state index in [-0.39, 0.29) is 24.6 Å². The van der Waals surface area contributed by atoms with E-state index in [1.54, 1.807) is 48.7 Å². The van der Waals surface area contributed by atoms with Gasteiger partial charge in [0.1, 0.15) is 12.3 Å². The standard InChI is InChI=1S/C20H19N3O4/c1-27-16-7-4-6-15(11-16)22-18(24)12-21-19(25)13-23-10-9-14-5-2-3-8-17(14)20(23)26/h2-11H,12-13H2,1H3,(H,21,25)(H,22,24). The molecular formula is C20H19N3O4. The normalized spacial score (nSPS) is 10.4. The van der Waals surface area contributed by atoms with Crippen molar-refractivity contribution in [3.63, 3.8) is 0 Å². The summed E-state index contributed by atoms with van der Waals surface area (Å²) >= 11 is 0. The Morgan fingerprint density at radius 2 is 1.85 bits per heavy atom. The second kappa shape index (κ2) is 8.18. The fourth-order valence-electron chi connectivity index (χ4n) is 2.65. The number of fused-ring (bicyclic) bond motifs is 1. The van der Waals surface area contributed by atoms with Gasteiger partial charge in [-0.1, -0.05) is 24.3 Å². The molecule has 3 rings (SSSR count). The van der Waals surface area contributed by atoms with Crippen molar-refractivity contribution in [2.75, 3.05) is 19.0 Å². The highest BCUT2D eigenvalue weighted by Gasteiger charge is 2.09. The number of methoxy groups -OCH3 is 1. The van der Waals surface area contributed by atoms with Gasteiger partial charge in [0.2, 0.25) is 11.8 Å². The molecule has 3 aromatic rings. The van der Waals surface area contributed by atoms with E-state index in [1.165, 1.54) is 11.7 Å². The summed E-state index contributed by atoms with van der Waals surface area (Å²) in [7, 11) is 1.54. The van der Waals surface area contributed by atoms with Crippen LogP contribution in [-0.4, -0.2) is 30.0 Å². The van der Waals surface area contributed by atoms with Crippen molar-refractivity contribution in [3.05, 3.63) is 71.1 Å². The van der Waals surface area contributed by atoms with Gasteiger partial charge < -0.3 is 19.9 Å². The van der Waals surface area contributed by atoms with Crippen LogP contribution in [0.15, 0.2) is 65.6 Å². The molecule has 2 aromatic carbocycles. The smallest absolute Gasteiger partial charge is 0.258 e. The number of rotatable bonds is 6. The van der Waals surface area contributed by atoms with Crippen LogP contribution < -0.4 is 20.9 Å². The van der Waals surface area contributed by atoms with Crippen molar-refractivity contribution in [2.24, 2.45) is 0 Å². The number of amides is 2. The molecule has 138 valence electrons. The largest absolute Gasteiger partial charge is 0.497 e. The van der Waals surface area contributed by atoms with Crippen LogP contribution >= 0.6 is 0 Å². The lowest BCUT2D eigenvalue weighted by Gasteiger charge is -2.09. The fourth-order valence-corrected chi connectivity index (χ4v) is 2.65. The van der Waals surface area contributed by atoms with E-state index in [1.807, 2.05) is 12.1 Å². The van der Waals surface area contributed by atoms with E-state index in [0.29, 0.717) is 16.8 Å². The monoisotopic (exact) mass is 365 g/mol. The topological polar surface area (TPSA) is 89.4 Å². The van der Waals surface area contributed by atoms with Gasteiger partial charge in [0, 0.05) is 23.3 Å². The Morgan fingerprint density at radius 1 is 1.04 bits per heavy atom. The maximum absolute atomic E-state index is 12.4. The highest BCUT2D eigenvalue weighted by atomic mass is 16.5. The third-order valence-electron chi connectivity index (χ3n) is 4.00. The minimum Gasteiger partial charge on any atom is -0.497 e. The van der Waals surface area contributed by atoms with Gasteiger partial charge in [0.15, 0.2) is 0 Å². The summed E-state index contributed by atoms with van der Waals surface area (Å²) in [6.45, 7) is -0.353. The molecule has 1 aromatic heterocycles.